The summed E-state index contributed by atoms with van der Waals surface area (Å²) in [6, 6.07) is 13.2. The predicted octanol–water partition coefficient (Wildman–Crippen LogP) is 3.11. The molecule has 2 aliphatic heterocycles. The molecule has 4 N–H and O–H groups in total. The van der Waals surface area contributed by atoms with Crippen molar-refractivity contribution in [1.82, 2.24) is 9.80 Å². The number of carbonyl (C=O) groups excluding carboxylic acids is 1. The highest BCUT2D eigenvalue weighted by Crippen LogP contribution is 2.32. The number of ether oxygens (including phenoxy) is 3. The first kappa shape index (κ1) is 25.3. The van der Waals surface area contributed by atoms with Crippen LogP contribution in [-0.2, 0) is 22.4 Å². The SMILES string of the molecule is CCOC(=O)C(Oc1cccc2c1CCN(C(=N)N)CC2)c1ccc(OC2CCN(C(C)=N)C2)cc1. The molecule has 0 spiro atoms. The second kappa shape index (κ2) is 11.3. The van der Waals surface area contributed by atoms with Gasteiger partial charge < -0.3 is 29.7 Å². The van der Waals surface area contributed by atoms with Crippen LogP contribution in [0, 0.1) is 10.8 Å². The van der Waals surface area contributed by atoms with Gasteiger partial charge in [-0.25, -0.2) is 4.79 Å². The molecule has 36 heavy (non-hydrogen) atoms. The Kier molecular flexibility index (Phi) is 7.97. The molecular formula is C27H35N5O4. The van der Waals surface area contributed by atoms with Gasteiger partial charge in [-0.05, 0) is 56.0 Å². The van der Waals surface area contributed by atoms with Crippen LogP contribution < -0.4 is 15.2 Å². The van der Waals surface area contributed by atoms with Crippen molar-refractivity contribution in [3.63, 3.8) is 0 Å². The fourth-order valence-corrected chi connectivity index (χ4v) is 4.73. The maximum Gasteiger partial charge on any atom is 0.352 e. The molecule has 192 valence electrons. The van der Waals surface area contributed by atoms with Crippen molar-refractivity contribution in [1.29, 1.82) is 10.8 Å². The van der Waals surface area contributed by atoms with E-state index in [-0.39, 0.29) is 18.7 Å². The highest BCUT2D eigenvalue weighted by molar-refractivity contribution is 5.77. The third-order valence-electron chi connectivity index (χ3n) is 6.70. The van der Waals surface area contributed by atoms with Crippen molar-refractivity contribution in [3.8, 4) is 11.5 Å². The van der Waals surface area contributed by atoms with Crippen molar-refractivity contribution >= 4 is 17.8 Å². The molecule has 0 aromatic heterocycles. The van der Waals surface area contributed by atoms with Crippen molar-refractivity contribution in [2.45, 2.75) is 45.3 Å². The number of rotatable bonds is 7. The van der Waals surface area contributed by atoms with Crippen LogP contribution in [0.1, 0.15) is 43.1 Å². The fraction of sp³-hybridized carbons (Fsp3) is 0.444. The Balaban J connectivity index is 1.51. The van der Waals surface area contributed by atoms with Gasteiger partial charge in [-0.15, -0.1) is 0 Å². The molecule has 2 aliphatic rings. The van der Waals surface area contributed by atoms with Gasteiger partial charge in [-0.1, -0.05) is 24.3 Å². The number of carbonyl (C=O) groups is 1. The summed E-state index contributed by atoms with van der Waals surface area (Å²) in [6.45, 7) is 6.64. The zero-order valence-electron chi connectivity index (χ0n) is 21.0. The Bertz CT molecular complexity index is 1100. The average molecular weight is 494 g/mol. The quantitative estimate of drug-likeness (QED) is 0.307. The minimum atomic E-state index is -0.916. The third kappa shape index (κ3) is 5.90. The summed E-state index contributed by atoms with van der Waals surface area (Å²) in [5, 5.41) is 15.6. The summed E-state index contributed by atoms with van der Waals surface area (Å²) < 4.78 is 17.8. The molecule has 1 saturated heterocycles. The van der Waals surface area contributed by atoms with Gasteiger partial charge in [0, 0.05) is 31.6 Å². The third-order valence-corrected chi connectivity index (χ3v) is 6.70. The van der Waals surface area contributed by atoms with E-state index < -0.39 is 12.1 Å². The second-order valence-electron chi connectivity index (χ2n) is 9.15. The van der Waals surface area contributed by atoms with Crippen molar-refractivity contribution in [2.75, 3.05) is 32.8 Å². The number of benzene rings is 2. The van der Waals surface area contributed by atoms with Gasteiger partial charge >= 0.3 is 5.97 Å². The number of nitrogens with one attached hydrogen (secondary N) is 2. The summed E-state index contributed by atoms with van der Waals surface area (Å²) in [4.78, 5) is 16.8. The number of fused-ring (bicyclic) bond motifs is 1. The molecule has 9 nitrogen and oxygen atoms in total. The van der Waals surface area contributed by atoms with Crippen LogP contribution in [0.5, 0.6) is 11.5 Å². The molecule has 0 radical (unpaired) electrons. The molecule has 2 aromatic carbocycles. The first-order chi connectivity index (χ1) is 17.4. The average Bonchev–Trinajstić information content (AvgIpc) is 3.21. The van der Waals surface area contributed by atoms with Gasteiger partial charge in [-0.3, -0.25) is 10.8 Å². The van der Waals surface area contributed by atoms with Crippen LogP contribution in [0.25, 0.3) is 0 Å². The van der Waals surface area contributed by atoms with Crippen molar-refractivity contribution in [3.05, 3.63) is 59.2 Å². The van der Waals surface area contributed by atoms with E-state index in [1.807, 2.05) is 46.2 Å². The Morgan fingerprint density at radius 1 is 1.08 bits per heavy atom. The molecule has 1 fully saturated rings. The highest BCUT2D eigenvalue weighted by atomic mass is 16.6. The van der Waals surface area contributed by atoms with Gasteiger partial charge in [0.15, 0.2) is 5.96 Å². The van der Waals surface area contributed by atoms with E-state index in [9.17, 15) is 4.79 Å². The molecule has 2 heterocycles. The zero-order valence-corrected chi connectivity index (χ0v) is 21.0. The summed E-state index contributed by atoms with van der Waals surface area (Å²) in [5.41, 5.74) is 8.56. The van der Waals surface area contributed by atoms with E-state index >= 15 is 0 Å². The number of amidine groups is 1. The topological polar surface area (TPSA) is 125 Å². The summed E-state index contributed by atoms with van der Waals surface area (Å²) in [7, 11) is 0. The number of hydrogen-bond acceptors (Lipinski definition) is 6. The van der Waals surface area contributed by atoms with Crippen LogP contribution in [0.3, 0.4) is 0 Å². The molecule has 0 saturated carbocycles. The van der Waals surface area contributed by atoms with E-state index in [1.54, 1.807) is 13.8 Å². The molecule has 4 rings (SSSR count). The molecule has 2 atom stereocenters. The predicted molar refractivity (Wildman–Crippen MR) is 138 cm³/mol. The van der Waals surface area contributed by atoms with Crippen LogP contribution in [0.2, 0.25) is 0 Å². The van der Waals surface area contributed by atoms with E-state index in [0.29, 0.717) is 49.0 Å². The number of guanidine groups is 1. The van der Waals surface area contributed by atoms with E-state index in [1.165, 1.54) is 0 Å². The number of likely N-dealkylation sites (tertiary alicyclic amines) is 1. The van der Waals surface area contributed by atoms with Crippen LogP contribution in [0.4, 0.5) is 0 Å². The lowest BCUT2D eigenvalue weighted by Crippen LogP contribution is -2.38. The van der Waals surface area contributed by atoms with Crippen molar-refractivity contribution in [2.24, 2.45) is 5.73 Å². The van der Waals surface area contributed by atoms with Crippen LogP contribution in [0.15, 0.2) is 42.5 Å². The van der Waals surface area contributed by atoms with Crippen molar-refractivity contribution < 1.29 is 19.0 Å². The monoisotopic (exact) mass is 493 g/mol. The van der Waals surface area contributed by atoms with E-state index in [4.69, 9.17) is 30.8 Å². The van der Waals surface area contributed by atoms with Crippen LogP contribution in [-0.4, -0.2) is 66.5 Å². The molecular weight excluding hydrogens is 458 g/mol. The number of nitrogens with zero attached hydrogens (tertiary/aromatic N) is 2. The van der Waals surface area contributed by atoms with Gasteiger partial charge in [0.2, 0.25) is 6.10 Å². The lowest BCUT2D eigenvalue weighted by molar-refractivity contribution is -0.151. The molecule has 0 amide bonds. The molecule has 2 aromatic rings. The first-order valence-electron chi connectivity index (χ1n) is 12.5. The largest absolute Gasteiger partial charge is 0.489 e. The van der Waals surface area contributed by atoms with E-state index in [0.717, 1.165) is 30.5 Å². The summed E-state index contributed by atoms with van der Waals surface area (Å²) in [6.07, 6.45) is 1.40. The number of esters is 1. The Morgan fingerprint density at radius 2 is 1.83 bits per heavy atom. The van der Waals surface area contributed by atoms with Gasteiger partial charge in [0.05, 0.1) is 19.0 Å². The number of hydrogen-bond donors (Lipinski definition) is 3. The van der Waals surface area contributed by atoms with Gasteiger partial charge in [0.1, 0.15) is 17.6 Å². The molecule has 0 aliphatic carbocycles. The summed E-state index contributed by atoms with van der Waals surface area (Å²) >= 11 is 0. The Morgan fingerprint density at radius 3 is 2.50 bits per heavy atom. The molecule has 0 bridgehead atoms. The van der Waals surface area contributed by atoms with Gasteiger partial charge in [0.25, 0.3) is 0 Å². The van der Waals surface area contributed by atoms with E-state index in [2.05, 4.69) is 6.07 Å². The standard InChI is InChI=1S/C27H35N5O4/c1-3-34-26(33)25(20-7-9-21(10-8-20)35-22-12-15-32(17-22)18(2)28)36-24-6-4-5-19-11-14-31(27(29)30)16-13-23(19)24/h4-10,22,25,28H,3,11-17H2,1-2H3,(H3,29,30). The van der Waals surface area contributed by atoms with Crippen LogP contribution >= 0.6 is 0 Å². The number of nitrogens with two attached hydrogens (primary N) is 1. The smallest absolute Gasteiger partial charge is 0.352 e. The normalized spacial score (nSPS) is 18.1. The maximum absolute atomic E-state index is 12.9. The lowest BCUT2D eigenvalue weighted by atomic mass is 10.0. The second-order valence-corrected chi connectivity index (χ2v) is 9.15. The Hall–Kier alpha value is -3.75. The minimum Gasteiger partial charge on any atom is -0.489 e. The summed E-state index contributed by atoms with van der Waals surface area (Å²) in [5.74, 6) is 1.53. The fourth-order valence-electron chi connectivity index (χ4n) is 4.73. The first-order valence-corrected chi connectivity index (χ1v) is 12.5. The highest BCUT2D eigenvalue weighted by Gasteiger charge is 2.28. The molecule has 2 unspecified atom stereocenters. The zero-order chi connectivity index (χ0) is 25.7. The lowest BCUT2D eigenvalue weighted by Gasteiger charge is -2.22. The Labute approximate surface area is 212 Å². The molecule has 9 heteroatoms. The maximum atomic E-state index is 12.9. The van der Waals surface area contributed by atoms with Gasteiger partial charge in [-0.2, -0.15) is 0 Å². The minimum absolute atomic E-state index is 0.0302.